The van der Waals surface area contributed by atoms with Gasteiger partial charge in [0.1, 0.15) is 5.82 Å². The molecular formula is C15H21N5O. The molecule has 1 aliphatic heterocycles. The fourth-order valence-corrected chi connectivity index (χ4v) is 2.84. The third kappa shape index (κ3) is 2.70. The second-order valence-electron chi connectivity index (χ2n) is 5.74. The van der Waals surface area contributed by atoms with Crippen LogP contribution in [0.4, 0.5) is 0 Å². The molecule has 3 heterocycles. The molecule has 0 N–H and O–H groups in total. The molecule has 0 radical (unpaired) electrons. The Bertz CT molecular complexity index is 651. The van der Waals surface area contributed by atoms with Crippen LogP contribution in [0.1, 0.15) is 29.7 Å². The van der Waals surface area contributed by atoms with Crippen molar-refractivity contribution in [2.45, 2.75) is 39.8 Å². The summed E-state index contributed by atoms with van der Waals surface area (Å²) in [6.07, 6.45) is 4.21. The summed E-state index contributed by atoms with van der Waals surface area (Å²) in [7, 11) is 0. The van der Waals surface area contributed by atoms with Crippen LogP contribution in [0.2, 0.25) is 0 Å². The number of aromatic nitrogens is 4. The van der Waals surface area contributed by atoms with Gasteiger partial charge >= 0.3 is 0 Å². The number of imidazole rings is 1. The van der Waals surface area contributed by atoms with Crippen LogP contribution in [0.3, 0.4) is 0 Å². The number of aryl methyl sites for hydroxylation is 4. The summed E-state index contributed by atoms with van der Waals surface area (Å²) >= 11 is 0. The van der Waals surface area contributed by atoms with E-state index in [1.165, 1.54) is 5.69 Å². The fraction of sp³-hybridized carbons (Fsp3) is 0.533. The van der Waals surface area contributed by atoms with Gasteiger partial charge in [-0.3, -0.25) is 9.48 Å². The quantitative estimate of drug-likeness (QED) is 0.856. The molecule has 112 valence electrons. The van der Waals surface area contributed by atoms with Gasteiger partial charge in [-0.2, -0.15) is 5.10 Å². The zero-order valence-corrected chi connectivity index (χ0v) is 12.8. The summed E-state index contributed by atoms with van der Waals surface area (Å²) in [5.74, 6) is 1.16. The van der Waals surface area contributed by atoms with Crippen molar-refractivity contribution in [3.05, 3.63) is 35.7 Å². The maximum absolute atomic E-state index is 12.2. The average Bonchev–Trinajstić information content (AvgIpc) is 2.92. The van der Waals surface area contributed by atoms with Crippen LogP contribution in [-0.4, -0.2) is 43.2 Å². The van der Waals surface area contributed by atoms with E-state index >= 15 is 0 Å². The van der Waals surface area contributed by atoms with Crippen molar-refractivity contribution in [1.82, 2.24) is 24.2 Å². The predicted octanol–water partition coefficient (Wildman–Crippen LogP) is 1.48. The van der Waals surface area contributed by atoms with Crippen LogP contribution in [0.5, 0.6) is 0 Å². The molecule has 0 unspecified atom stereocenters. The number of nitrogens with zero attached hydrogens (tertiary/aromatic N) is 5. The van der Waals surface area contributed by atoms with E-state index in [0.717, 1.165) is 24.6 Å². The lowest BCUT2D eigenvalue weighted by molar-refractivity contribution is -0.137. The fourth-order valence-electron chi connectivity index (χ4n) is 2.84. The van der Waals surface area contributed by atoms with E-state index in [-0.39, 0.29) is 5.91 Å². The standard InChI is InChI=1S/C15H21N5O/c1-11-8-12(2)20(17-11)14-9-19(10-14)15(21)4-6-18-7-5-16-13(18)3/h5,7-8,14H,4,6,9-10H2,1-3H3. The Morgan fingerprint density at radius 3 is 2.67 bits per heavy atom. The number of amides is 1. The SMILES string of the molecule is Cc1cc(C)n(C2CN(C(=O)CCn3ccnc3C)C2)n1. The van der Waals surface area contributed by atoms with Crippen LogP contribution < -0.4 is 0 Å². The monoisotopic (exact) mass is 287 g/mol. The largest absolute Gasteiger partial charge is 0.338 e. The van der Waals surface area contributed by atoms with Gasteiger partial charge in [-0.15, -0.1) is 0 Å². The van der Waals surface area contributed by atoms with Gasteiger partial charge in [-0.05, 0) is 26.8 Å². The predicted molar refractivity (Wildman–Crippen MR) is 78.9 cm³/mol. The smallest absolute Gasteiger partial charge is 0.224 e. The van der Waals surface area contributed by atoms with E-state index in [1.54, 1.807) is 6.20 Å². The Hall–Kier alpha value is -2.11. The Morgan fingerprint density at radius 1 is 1.33 bits per heavy atom. The third-order valence-electron chi connectivity index (χ3n) is 4.10. The lowest BCUT2D eigenvalue weighted by atomic mass is 10.1. The van der Waals surface area contributed by atoms with Crippen molar-refractivity contribution >= 4 is 5.91 Å². The van der Waals surface area contributed by atoms with E-state index in [1.807, 2.05) is 34.2 Å². The minimum absolute atomic E-state index is 0.209. The second-order valence-corrected chi connectivity index (χ2v) is 5.74. The molecule has 0 saturated carbocycles. The Morgan fingerprint density at radius 2 is 2.10 bits per heavy atom. The molecule has 6 nitrogen and oxygen atoms in total. The summed E-state index contributed by atoms with van der Waals surface area (Å²) in [6, 6.07) is 2.41. The Kier molecular flexibility index (Phi) is 3.53. The third-order valence-corrected chi connectivity index (χ3v) is 4.10. The molecule has 1 amide bonds. The first-order valence-electron chi connectivity index (χ1n) is 7.33. The summed E-state index contributed by atoms with van der Waals surface area (Å²) in [5, 5.41) is 4.49. The highest BCUT2D eigenvalue weighted by atomic mass is 16.2. The van der Waals surface area contributed by atoms with Gasteiger partial charge in [0, 0.05) is 44.1 Å². The minimum atomic E-state index is 0.209. The van der Waals surface area contributed by atoms with Gasteiger partial charge in [0.25, 0.3) is 0 Å². The molecule has 1 saturated heterocycles. The Balaban J connectivity index is 1.51. The average molecular weight is 287 g/mol. The lowest BCUT2D eigenvalue weighted by Gasteiger charge is -2.39. The van der Waals surface area contributed by atoms with Crippen LogP contribution in [-0.2, 0) is 11.3 Å². The first kappa shape index (κ1) is 13.9. The molecule has 2 aromatic rings. The van der Waals surface area contributed by atoms with Crippen molar-refractivity contribution < 1.29 is 4.79 Å². The highest BCUT2D eigenvalue weighted by Crippen LogP contribution is 2.23. The molecule has 21 heavy (non-hydrogen) atoms. The maximum Gasteiger partial charge on any atom is 0.224 e. The van der Waals surface area contributed by atoms with E-state index in [4.69, 9.17) is 0 Å². The number of hydrogen-bond acceptors (Lipinski definition) is 3. The van der Waals surface area contributed by atoms with Gasteiger partial charge in [0.2, 0.25) is 5.91 Å². The number of carbonyl (C=O) groups excluding carboxylic acids is 1. The van der Waals surface area contributed by atoms with Crippen molar-refractivity contribution in [2.24, 2.45) is 0 Å². The van der Waals surface area contributed by atoms with Gasteiger partial charge in [0.05, 0.1) is 11.7 Å². The van der Waals surface area contributed by atoms with Crippen LogP contribution in [0.25, 0.3) is 0 Å². The van der Waals surface area contributed by atoms with Gasteiger partial charge in [0.15, 0.2) is 0 Å². The Labute approximate surface area is 124 Å². The van der Waals surface area contributed by atoms with Crippen molar-refractivity contribution in [2.75, 3.05) is 13.1 Å². The minimum Gasteiger partial charge on any atom is -0.338 e. The van der Waals surface area contributed by atoms with Crippen molar-refractivity contribution in [1.29, 1.82) is 0 Å². The number of rotatable bonds is 4. The lowest BCUT2D eigenvalue weighted by Crippen LogP contribution is -2.51. The molecular weight excluding hydrogens is 266 g/mol. The van der Waals surface area contributed by atoms with E-state index in [2.05, 4.69) is 23.1 Å². The van der Waals surface area contributed by atoms with Gasteiger partial charge < -0.3 is 9.47 Å². The number of carbonyl (C=O) groups is 1. The first-order chi connectivity index (χ1) is 10.0. The zero-order valence-electron chi connectivity index (χ0n) is 12.8. The molecule has 6 heteroatoms. The van der Waals surface area contributed by atoms with E-state index < -0.39 is 0 Å². The maximum atomic E-state index is 12.2. The second kappa shape index (κ2) is 5.35. The molecule has 0 atom stereocenters. The highest BCUT2D eigenvalue weighted by Gasteiger charge is 2.32. The van der Waals surface area contributed by atoms with Crippen LogP contribution >= 0.6 is 0 Å². The van der Waals surface area contributed by atoms with E-state index in [0.29, 0.717) is 19.0 Å². The van der Waals surface area contributed by atoms with Gasteiger partial charge in [-0.1, -0.05) is 0 Å². The van der Waals surface area contributed by atoms with Gasteiger partial charge in [-0.25, -0.2) is 4.98 Å². The van der Waals surface area contributed by atoms with E-state index in [9.17, 15) is 4.79 Å². The van der Waals surface area contributed by atoms with Crippen molar-refractivity contribution in [3.8, 4) is 0 Å². The van der Waals surface area contributed by atoms with Crippen molar-refractivity contribution in [3.63, 3.8) is 0 Å². The summed E-state index contributed by atoms with van der Waals surface area (Å²) in [6.45, 7) is 8.25. The highest BCUT2D eigenvalue weighted by molar-refractivity contribution is 5.77. The first-order valence-corrected chi connectivity index (χ1v) is 7.33. The number of hydrogen-bond donors (Lipinski definition) is 0. The molecule has 2 aromatic heterocycles. The molecule has 3 rings (SSSR count). The molecule has 0 aliphatic carbocycles. The number of likely N-dealkylation sites (tertiary alicyclic amines) is 1. The molecule has 1 aliphatic rings. The summed E-state index contributed by atoms with van der Waals surface area (Å²) in [4.78, 5) is 18.2. The normalized spacial score (nSPS) is 15.3. The molecule has 0 aromatic carbocycles. The summed E-state index contributed by atoms with van der Waals surface area (Å²) < 4.78 is 4.05. The topological polar surface area (TPSA) is 56.0 Å². The molecule has 0 spiro atoms. The molecule has 1 fully saturated rings. The molecule has 0 bridgehead atoms. The zero-order chi connectivity index (χ0) is 15.0. The summed E-state index contributed by atoms with van der Waals surface area (Å²) in [5.41, 5.74) is 2.20. The van der Waals surface area contributed by atoms with Crippen LogP contribution in [0.15, 0.2) is 18.5 Å². The van der Waals surface area contributed by atoms with Crippen LogP contribution in [0, 0.1) is 20.8 Å².